The van der Waals surface area contributed by atoms with Crippen molar-refractivity contribution >= 4 is 18.2 Å². The summed E-state index contributed by atoms with van der Waals surface area (Å²) in [6.07, 6.45) is 8.52. The summed E-state index contributed by atoms with van der Waals surface area (Å²) in [5.41, 5.74) is 4.59. The van der Waals surface area contributed by atoms with Gasteiger partial charge in [0.2, 0.25) is 5.88 Å². The molecule has 34 heavy (non-hydrogen) atoms. The Bertz CT molecular complexity index is 941. The van der Waals surface area contributed by atoms with Gasteiger partial charge in [-0.15, -0.1) is 0 Å². The van der Waals surface area contributed by atoms with Crippen LogP contribution in [-0.2, 0) is 4.74 Å². The average molecular weight is 477 g/mol. The van der Waals surface area contributed by atoms with Gasteiger partial charge in [-0.05, 0) is 55.8 Å². The first kappa shape index (κ1) is 24.5. The zero-order chi connectivity index (χ0) is 24.7. The van der Waals surface area contributed by atoms with Crippen LogP contribution in [-0.4, -0.2) is 46.7 Å². The summed E-state index contributed by atoms with van der Waals surface area (Å²) in [5, 5.41) is 7.58. The molecular formula is C25H37FN4O4. The van der Waals surface area contributed by atoms with E-state index in [4.69, 9.17) is 15.2 Å². The van der Waals surface area contributed by atoms with Gasteiger partial charge in [0.1, 0.15) is 11.2 Å². The predicted molar refractivity (Wildman–Crippen MR) is 126 cm³/mol. The fraction of sp³-hybridized carbons (Fsp3) is 0.720. The molecule has 9 heteroatoms. The first-order chi connectivity index (χ1) is 16.0. The molecule has 4 aliphatic rings. The molecule has 4 saturated carbocycles. The van der Waals surface area contributed by atoms with Gasteiger partial charge < -0.3 is 20.5 Å². The van der Waals surface area contributed by atoms with E-state index in [0.29, 0.717) is 24.0 Å². The molecule has 1 aromatic heterocycles. The number of rotatable bonds is 9. The lowest BCUT2D eigenvalue weighted by atomic mass is 9.52. The van der Waals surface area contributed by atoms with Crippen LogP contribution in [0.1, 0.15) is 70.2 Å². The quantitative estimate of drug-likeness (QED) is 0.556. The van der Waals surface area contributed by atoms with Gasteiger partial charge in [-0.3, -0.25) is 9.18 Å². The minimum Gasteiger partial charge on any atom is -0.477 e. The van der Waals surface area contributed by atoms with Gasteiger partial charge in [-0.2, -0.15) is 5.10 Å². The van der Waals surface area contributed by atoms with Gasteiger partial charge in [0.25, 0.3) is 5.91 Å². The van der Waals surface area contributed by atoms with Crippen LogP contribution in [0.5, 0.6) is 5.88 Å². The lowest BCUT2D eigenvalue weighted by molar-refractivity contribution is -0.137. The van der Waals surface area contributed by atoms with Gasteiger partial charge in [-0.1, -0.05) is 33.8 Å². The minimum absolute atomic E-state index is 0.0102. The van der Waals surface area contributed by atoms with E-state index in [0.717, 1.165) is 32.1 Å². The summed E-state index contributed by atoms with van der Waals surface area (Å²) >= 11 is 0. The van der Waals surface area contributed by atoms with Crippen LogP contribution in [0.4, 0.5) is 9.18 Å². The molecule has 3 N–H and O–H groups in total. The van der Waals surface area contributed by atoms with Crippen molar-refractivity contribution in [2.24, 2.45) is 34.8 Å². The lowest BCUT2D eigenvalue weighted by Crippen LogP contribution is -2.63. The van der Waals surface area contributed by atoms with E-state index in [1.54, 1.807) is 26.1 Å². The Balaban J connectivity index is 1.52. The molecule has 0 saturated heterocycles. The molecule has 2 atom stereocenters. The number of carbonyl (C=O) groups is 2. The van der Waals surface area contributed by atoms with Crippen LogP contribution in [0.25, 0.3) is 6.20 Å². The zero-order valence-electron chi connectivity index (χ0n) is 20.6. The largest absolute Gasteiger partial charge is 0.477 e. The number of hydrogen-bond donors (Lipinski definition) is 2. The smallest absolute Gasteiger partial charge is 0.405 e. The number of primary amides is 1. The maximum Gasteiger partial charge on any atom is 0.405 e. The Morgan fingerprint density at radius 3 is 2.59 bits per heavy atom. The topological polar surface area (TPSA) is 108 Å². The van der Waals surface area contributed by atoms with Crippen molar-refractivity contribution in [1.82, 2.24) is 15.1 Å². The number of nitrogens with two attached hydrogens (primary N) is 1. The van der Waals surface area contributed by atoms with Crippen LogP contribution < -0.4 is 15.8 Å². The lowest BCUT2D eigenvalue weighted by Gasteiger charge is -2.58. The number of allylic oxidation sites excluding steroid dienone is 1. The summed E-state index contributed by atoms with van der Waals surface area (Å²) < 4.78 is 26.3. The summed E-state index contributed by atoms with van der Waals surface area (Å²) in [6.45, 7) is 7.55. The van der Waals surface area contributed by atoms with Crippen molar-refractivity contribution in [2.75, 3.05) is 13.3 Å². The second kappa shape index (κ2) is 9.23. The molecule has 188 valence electrons. The molecule has 2 amide bonds. The maximum absolute atomic E-state index is 13.4. The molecule has 4 fully saturated rings. The van der Waals surface area contributed by atoms with Crippen molar-refractivity contribution in [2.45, 2.75) is 71.4 Å². The van der Waals surface area contributed by atoms with Crippen LogP contribution in [0.15, 0.2) is 12.3 Å². The molecular weight excluding hydrogens is 439 g/mol. The highest BCUT2D eigenvalue weighted by Crippen LogP contribution is 2.57. The fourth-order valence-electron chi connectivity index (χ4n) is 6.07. The highest BCUT2D eigenvalue weighted by Gasteiger charge is 2.57. The first-order valence-corrected chi connectivity index (χ1v) is 12.3. The molecule has 0 radical (unpaired) electrons. The molecule has 4 aliphatic carbocycles. The standard InChI is InChI=1S/C25H37FN4O4/c1-15(2)13-33-22-19(12-28-30(22)6-5-24(3,4)14-26)21(31)29-20-17-7-16-8-18(20)11-25(9-16,10-17)34-23(27)32/h5-6,12,15-18,20H,7-11,13-14H2,1-4H3,(H2,27,32)(H,29,31)/b6-5+. The molecule has 8 nitrogen and oxygen atoms in total. The Morgan fingerprint density at radius 2 is 2.00 bits per heavy atom. The van der Waals surface area contributed by atoms with E-state index in [9.17, 15) is 14.0 Å². The van der Waals surface area contributed by atoms with E-state index >= 15 is 0 Å². The maximum atomic E-state index is 13.4. The zero-order valence-corrected chi connectivity index (χ0v) is 20.6. The van der Waals surface area contributed by atoms with E-state index < -0.39 is 23.8 Å². The second-order valence-corrected chi connectivity index (χ2v) is 11.5. The van der Waals surface area contributed by atoms with E-state index in [1.807, 2.05) is 13.8 Å². The third-order valence-electron chi connectivity index (χ3n) is 7.39. The Hall–Kier alpha value is -2.58. The highest BCUT2D eigenvalue weighted by molar-refractivity contribution is 5.96. The first-order valence-electron chi connectivity index (χ1n) is 12.3. The number of ether oxygens (including phenoxy) is 2. The van der Waals surface area contributed by atoms with Gasteiger partial charge >= 0.3 is 6.09 Å². The fourth-order valence-corrected chi connectivity index (χ4v) is 6.07. The number of nitrogens with zero attached hydrogens (tertiary/aromatic N) is 2. The number of aromatic nitrogens is 2. The van der Waals surface area contributed by atoms with Gasteiger partial charge in [0.15, 0.2) is 0 Å². The van der Waals surface area contributed by atoms with Crippen molar-refractivity contribution < 1.29 is 23.5 Å². The predicted octanol–water partition coefficient (Wildman–Crippen LogP) is 4.16. The van der Waals surface area contributed by atoms with E-state index in [2.05, 4.69) is 10.4 Å². The van der Waals surface area contributed by atoms with Gasteiger partial charge in [0.05, 0.1) is 19.5 Å². The number of alkyl halides is 1. The van der Waals surface area contributed by atoms with Gasteiger partial charge in [0, 0.05) is 17.7 Å². The monoisotopic (exact) mass is 476 g/mol. The average Bonchev–Trinajstić information content (AvgIpc) is 3.15. The van der Waals surface area contributed by atoms with Crippen LogP contribution in [0, 0.1) is 29.1 Å². The minimum atomic E-state index is -0.717. The normalized spacial score (nSPS) is 30.2. The van der Waals surface area contributed by atoms with E-state index in [1.165, 1.54) is 10.9 Å². The van der Waals surface area contributed by atoms with Gasteiger partial charge in [-0.25, -0.2) is 9.48 Å². The van der Waals surface area contributed by atoms with Crippen molar-refractivity contribution in [3.05, 3.63) is 17.8 Å². The summed E-state index contributed by atoms with van der Waals surface area (Å²) in [5.74, 6) is 1.38. The van der Waals surface area contributed by atoms with Crippen LogP contribution >= 0.6 is 0 Å². The second-order valence-electron chi connectivity index (χ2n) is 11.5. The SMILES string of the molecule is CC(C)COc1c(C(=O)NC2C3CC4CC2CC(OC(N)=O)(C4)C3)cnn1/C=C/C(C)(C)CF. The molecule has 0 aliphatic heterocycles. The number of carbonyl (C=O) groups excluding carboxylic acids is 2. The Labute approximate surface area is 200 Å². The highest BCUT2D eigenvalue weighted by atomic mass is 19.1. The molecule has 2 unspecified atom stereocenters. The number of halogens is 1. The molecule has 0 aromatic carbocycles. The summed E-state index contributed by atoms with van der Waals surface area (Å²) in [7, 11) is 0. The molecule has 5 rings (SSSR count). The van der Waals surface area contributed by atoms with Crippen molar-refractivity contribution in [1.29, 1.82) is 0 Å². The van der Waals surface area contributed by atoms with E-state index in [-0.39, 0.29) is 29.7 Å². The number of amides is 2. The molecule has 1 aromatic rings. The Morgan fingerprint density at radius 1 is 1.32 bits per heavy atom. The summed E-state index contributed by atoms with van der Waals surface area (Å²) in [6, 6.07) is 0.0102. The van der Waals surface area contributed by atoms with Crippen LogP contribution in [0.3, 0.4) is 0 Å². The number of hydrogen-bond acceptors (Lipinski definition) is 5. The Kier molecular flexibility index (Phi) is 6.66. The third kappa shape index (κ3) is 5.08. The summed E-state index contributed by atoms with van der Waals surface area (Å²) in [4.78, 5) is 24.9. The number of nitrogens with one attached hydrogen (secondary N) is 1. The van der Waals surface area contributed by atoms with Crippen LogP contribution in [0.2, 0.25) is 0 Å². The third-order valence-corrected chi connectivity index (χ3v) is 7.39. The molecule has 0 spiro atoms. The molecule has 4 bridgehead atoms. The molecule has 1 heterocycles. The van der Waals surface area contributed by atoms with Crippen molar-refractivity contribution in [3.8, 4) is 5.88 Å². The van der Waals surface area contributed by atoms with Crippen molar-refractivity contribution in [3.63, 3.8) is 0 Å².